The number of ketones is 1. The van der Waals surface area contributed by atoms with Gasteiger partial charge >= 0.3 is 5.97 Å². The van der Waals surface area contributed by atoms with Gasteiger partial charge in [-0.3, -0.25) is 4.79 Å². The lowest BCUT2D eigenvalue weighted by Crippen LogP contribution is -2.21. The van der Waals surface area contributed by atoms with Gasteiger partial charge in [0.2, 0.25) is 0 Å². The second-order valence-corrected chi connectivity index (χ2v) is 7.01. The molecule has 1 unspecified atom stereocenters. The Kier molecular flexibility index (Phi) is 5.71. The summed E-state index contributed by atoms with van der Waals surface area (Å²) in [6.45, 7) is 0. The summed E-state index contributed by atoms with van der Waals surface area (Å²) >= 11 is 0. The number of carbonyl (C=O) groups is 2. The van der Waals surface area contributed by atoms with E-state index in [2.05, 4.69) is 10.3 Å². The summed E-state index contributed by atoms with van der Waals surface area (Å²) in [6.07, 6.45) is 1.67. The van der Waals surface area contributed by atoms with Gasteiger partial charge in [0, 0.05) is 22.7 Å². The Bertz CT molecular complexity index is 1230. The van der Waals surface area contributed by atoms with Crippen LogP contribution in [0.5, 0.6) is 5.75 Å². The molecule has 0 aliphatic heterocycles. The van der Waals surface area contributed by atoms with Crippen LogP contribution in [-0.2, 0) is 4.74 Å². The Morgan fingerprint density at radius 2 is 1.68 bits per heavy atom. The van der Waals surface area contributed by atoms with Crippen LogP contribution in [-0.4, -0.2) is 31.0 Å². The van der Waals surface area contributed by atoms with Crippen molar-refractivity contribution in [3.05, 3.63) is 95.7 Å². The number of benzene rings is 3. The molecule has 0 spiro atoms. The summed E-state index contributed by atoms with van der Waals surface area (Å²) in [5, 5.41) is 4.00. The predicted octanol–water partition coefficient (Wildman–Crippen LogP) is 5.00. The molecule has 0 amide bonds. The van der Waals surface area contributed by atoms with Gasteiger partial charge in [-0.25, -0.2) is 4.79 Å². The molecule has 0 aliphatic carbocycles. The van der Waals surface area contributed by atoms with Crippen LogP contribution >= 0.6 is 0 Å². The number of nitrogens with one attached hydrogen (secondary N) is 2. The van der Waals surface area contributed by atoms with E-state index in [4.69, 9.17) is 9.47 Å². The molecule has 4 aromatic rings. The number of hydrogen-bond donors (Lipinski definition) is 2. The maximum absolute atomic E-state index is 13.7. The number of hydrogen-bond acceptors (Lipinski definition) is 5. The van der Waals surface area contributed by atoms with E-state index >= 15 is 0 Å². The van der Waals surface area contributed by atoms with Gasteiger partial charge in [-0.2, -0.15) is 0 Å². The minimum absolute atomic E-state index is 0.134. The Morgan fingerprint density at radius 3 is 2.42 bits per heavy atom. The first-order valence-corrected chi connectivity index (χ1v) is 9.80. The number of ether oxygens (including phenoxy) is 2. The molecule has 31 heavy (non-hydrogen) atoms. The maximum Gasteiger partial charge on any atom is 0.337 e. The summed E-state index contributed by atoms with van der Waals surface area (Å²) in [7, 11) is 2.92. The van der Waals surface area contributed by atoms with Crippen molar-refractivity contribution in [1.82, 2.24) is 4.98 Å². The fraction of sp³-hybridized carbons (Fsp3) is 0.120. The number of methoxy groups -OCH3 is 2. The molecule has 1 aromatic heterocycles. The smallest absolute Gasteiger partial charge is 0.337 e. The molecule has 0 radical (unpaired) electrons. The van der Waals surface area contributed by atoms with Gasteiger partial charge in [-0.1, -0.05) is 42.5 Å². The second-order valence-electron chi connectivity index (χ2n) is 7.01. The van der Waals surface area contributed by atoms with Gasteiger partial charge in [-0.15, -0.1) is 0 Å². The highest BCUT2D eigenvalue weighted by atomic mass is 16.5. The largest absolute Gasteiger partial charge is 0.495 e. The van der Waals surface area contributed by atoms with Gasteiger partial charge in [-0.05, 0) is 35.9 Å². The first kappa shape index (κ1) is 20.2. The normalized spacial score (nSPS) is 11.7. The number of H-pyrrole nitrogens is 1. The minimum Gasteiger partial charge on any atom is -0.495 e. The first-order chi connectivity index (χ1) is 15.1. The van der Waals surface area contributed by atoms with E-state index in [0.29, 0.717) is 28.0 Å². The van der Waals surface area contributed by atoms with Crippen LogP contribution in [0.2, 0.25) is 0 Å². The summed E-state index contributed by atoms with van der Waals surface area (Å²) in [5.41, 5.74) is 3.16. The van der Waals surface area contributed by atoms with Crippen molar-refractivity contribution in [2.24, 2.45) is 0 Å². The van der Waals surface area contributed by atoms with Gasteiger partial charge < -0.3 is 19.8 Å². The highest BCUT2D eigenvalue weighted by Gasteiger charge is 2.25. The number of anilines is 1. The molecule has 4 rings (SSSR count). The number of esters is 1. The van der Waals surface area contributed by atoms with E-state index < -0.39 is 12.0 Å². The van der Waals surface area contributed by atoms with Crippen LogP contribution < -0.4 is 10.1 Å². The van der Waals surface area contributed by atoms with Crippen molar-refractivity contribution in [1.29, 1.82) is 0 Å². The summed E-state index contributed by atoms with van der Waals surface area (Å²) < 4.78 is 10.3. The number of carbonyl (C=O) groups excluding carboxylic acids is 2. The van der Waals surface area contributed by atoms with Gasteiger partial charge in [0.1, 0.15) is 11.8 Å². The minimum atomic E-state index is -0.654. The number of aromatic nitrogens is 1. The summed E-state index contributed by atoms with van der Waals surface area (Å²) in [4.78, 5) is 28.8. The molecule has 6 nitrogen and oxygen atoms in total. The van der Waals surface area contributed by atoms with E-state index in [1.165, 1.54) is 7.11 Å². The van der Waals surface area contributed by atoms with Crippen molar-refractivity contribution in [3.63, 3.8) is 0 Å². The molecule has 6 heteroatoms. The Balaban J connectivity index is 1.78. The average Bonchev–Trinajstić information content (AvgIpc) is 3.25. The molecule has 0 bridgehead atoms. The molecule has 2 N–H and O–H groups in total. The quantitative estimate of drug-likeness (QED) is 0.329. The van der Waals surface area contributed by atoms with Crippen LogP contribution in [0.4, 0.5) is 5.69 Å². The van der Waals surface area contributed by atoms with E-state index in [0.717, 1.165) is 11.1 Å². The SMILES string of the molecule is COC(=O)c1ccc2[nH]cc(C(=O)C(Nc3ccccc3OC)c3ccccc3)c2c1. The second kappa shape index (κ2) is 8.75. The lowest BCUT2D eigenvalue weighted by atomic mass is 9.96. The van der Waals surface area contributed by atoms with Crippen LogP contribution in [0, 0.1) is 0 Å². The number of rotatable bonds is 7. The molecular formula is C25H22N2O4. The van der Waals surface area contributed by atoms with Crippen LogP contribution in [0.25, 0.3) is 10.9 Å². The molecule has 0 saturated heterocycles. The Hall–Kier alpha value is -4.06. The number of para-hydroxylation sites is 2. The topological polar surface area (TPSA) is 80.4 Å². The van der Waals surface area contributed by atoms with Crippen LogP contribution in [0.3, 0.4) is 0 Å². The van der Waals surface area contributed by atoms with Crippen LogP contribution in [0.1, 0.15) is 32.3 Å². The van der Waals surface area contributed by atoms with Crippen molar-refractivity contribution in [3.8, 4) is 5.75 Å². The fourth-order valence-corrected chi connectivity index (χ4v) is 3.59. The summed E-state index contributed by atoms with van der Waals surface area (Å²) in [6, 6.07) is 21.4. The van der Waals surface area contributed by atoms with Gasteiger partial charge in [0.05, 0.1) is 25.5 Å². The highest BCUT2D eigenvalue weighted by molar-refractivity contribution is 6.12. The van der Waals surface area contributed by atoms with Gasteiger partial charge in [0.25, 0.3) is 0 Å². The molecular weight excluding hydrogens is 392 g/mol. The molecule has 0 saturated carbocycles. The van der Waals surface area contributed by atoms with Crippen molar-refractivity contribution >= 4 is 28.3 Å². The average molecular weight is 414 g/mol. The number of fused-ring (bicyclic) bond motifs is 1. The van der Waals surface area contributed by atoms with E-state index in [-0.39, 0.29) is 5.78 Å². The van der Waals surface area contributed by atoms with Crippen molar-refractivity contribution < 1.29 is 19.1 Å². The Labute approximate surface area is 179 Å². The zero-order valence-corrected chi connectivity index (χ0v) is 17.2. The van der Waals surface area contributed by atoms with E-state index in [1.54, 1.807) is 31.5 Å². The number of Topliss-reactive ketones (excluding diaryl/α,β-unsaturated/α-hetero) is 1. The maximum atomic E-state index is 13.7. The molecule has 1 heterocycles. The predicted molar refractivity (Wildman–Crippen MR) is 120 cm³/mol. The lowest BCUT2D eigenvalue weighted by molar-refractivity contribution is 0.0600. The monoisotopic (exact) mass is 414 g/mol. The molecule has 0 fully saturated rings. The van der Waals surface area contributed by atoms with E-state index in [1.807, 2.05) is 54.6 Å². The molecule has 3 aromatic carbocycles. The van der Waals surface area contributed by atoms with Crippen LogP contribution in [0.15, 0.2) is 79.0 Å². The van der Waals surface area contributed by atoms with Gasteiger partial charge in [0.15, 0.2) is 5.78 Å². The third-order valence-electron chi connectivity index (χ3n) is 5.17. The van der Waals surface area contributed by atoms with Crippen molar-refractivity contribution in [2.45, 2.75) is 6.04 Å². The number of aromatic amines is 1. The zero-order chi connectivity index (χ0) is 21.8. The molecule has 0 aliphatic rings. The zero-order valence-electron chi connectivity index (χ0n) is 17.2. The third-order valence-corrected chi connectivity index (χ3v) is 5.17. The third kappa shape index (κ3) is 4.00. The summed E-state index contributed by atoms with van der Waals surface area (Å²) in [5.74, 6) is 0.0572. The fourth-order valence-electron chi connectivity index (χ4n) is 3.59. The van der Waals surface area contributed by atoms with Crippen molar-refractivity contribution in [2.75, 3.05) is 19.5 Å². The lowest BCUT2D eigenvalue weighted by Gasteiger charge is -2.21. The van der Waals surface area contributed by atoms with E-state index in [9.17, 15) is 9.59 Å². The Morgan fingerprint density at radius 1 is 0.935 bits per heavy atom. The first-order valence-electron chi connectivity index (χ1n) is 9.80. The molecule has 156 valence electrons. The highest BCUT2D eigenvalue weighted by Crippen LogP contribution is 2.32. The molecule has 1 atom stereocenters. The standard InChI is InChI=1S/C25H22N2O4/c1-30-22-11-7-6-10-21(22)27-23(16-8-4-3-5-9-16)24(28)19-15-26-20-13-12-17(14-18(19)20)25(29)31-2/h3-15,23,26-27H,1-2H3.